The van der Waals surface area contributed by atoms with E-state index in [1.165, 1.54) is 18.2 Å². The number of benzene rings is 1. The molecule has 0 heterocycles. The van der Waals surface area contributed by atoms with Gasteiger partial charge in [0.2, 0.25) is 0 Å². The molecule has 3 N–H and O–H groups in total. The smallest absolute Gasteiger partial charge is 0.175 e. The van der Waals surface area contributed by atoms with Gasteiger partial charge in [0, 0.05) is 17.4 Å². The molecule has 1 aromatic carbocycles. The molecule has 0 aromatic heterocycles. The van der Waals surface area contributed by atoms with E-state index >= 15 is 0 Å². The second-order valence-electron chi connectivity index (χ2n) is 4.46. The lowest BCUT2D eigenvalue weighted by atomic mass is 9.72. The second kappa shape index (κ2) is 3.46. The van der Waals surface area contributed by atoms with E-state index in [4.69, 9.17) is 5.73 Å². The summed E-state index contributed by atoms with van der Waals surface area (Å²) >= 11 is 0. The third-order valence-electron chi connectivity index (χ3n) is 3.18. The molecule has 0 spiro atoms. The average molecular weight is 241 g/mol. The molecule has 16 heavy (non-hydrogen) atoms. The zero-order valence-electron chi connectivity index (χ0n) is 9.10. The van der Waals surface area contributed by atoms with Crippen LogP contribution in [-0.4, -0.2) is 19.8 Å². The Bertz CT molecular complexity index is 518. The van der Waals surface area contributed by atoms with Gasteiger partial charge in [-0.05, 0) is 37.5 Å². The zero-order chi connectivity index (χ0) is 12.0. The van der Waals surface area contributed by atoms with Crippen LogP contribution >= 0.6 is 0 Å². The van der Waals surface area contributed by atoms with Gasteiger partial charge < -0.3 is 10.8 Å². The van der Waals surface area contributed by atoms with Gasteiger partial charge in [-0.2, -0.15) is 0 Å². The van der Waals surface area contributed by atoms with Crippen LogP contribution in [0.25, 0.3) is 0 Å². The van der Waals surface area contributed by atoms with E-state index < -0.39 is 15.4 Å². The van der Waals surface area contributed by atoms with Crippen molar-refractivity contribution in [3.05, 3.63) is 23.8 Å². The Morgan fingerprint density at radius 2 is 2.00 bits per heavy atom. The van der Waals surface area contributed by atoms with Gasteiger partial charge in [0.25, 0.3) is 0 Å². The van der Waals surface area contributed by atoms with Crippen LogP contribution in [-0.2, 0) is 15.4 Å². The van der Waals surface area contributed by atoms with E-state index in [9.17, 15) is 13.5 Å². The number of phenols is 1. The number of rotatable bonds is 2. The van der Waals surface area contributed by atoms with Crippen LogP contribution in [0.1, 0.15) is 24.8 Å². The Morgan fingerprint density at radius 1 is 1.38 bits per heavy atom. The van der Waals surface area contributed by atoms with E-state index in [0.29, 0.717) is 5.56 Å². The molecule has 88 valence electrons. The molecule has 0 amide bonds. The molecular formula is C11H15NO3S. The zero-order valence-corrected chi connectivity index (χ0v) is 9.92. The van der Waals surface area contributed by atoms with Crippen molar-refractivity contribution in [1.82, 2.24) is 0 Å². The summed E-state index contributed by atoms with van der Waals surface area (Å²) in [5, 5.41) is 9.73. The lowest BCUT2D eigenvalue weighted by molar-refractivity contribution is 0.245. The minimum absolute atomic E-state index is 0.0783. The molecule has 0 atom stereocenters. The van der Waals surface area contributed by atoms with Crippen molar-refractivity contribution < 1.29 is 13.5 Å². The van der Waals surface area contributed by atoms with Crippen molar-refractivity contribution in [3.8, 4) is 5.75 Å². The summed E-state index contributed by atoms with van der Waals surface area (Å²) in [4.78, 5) is 0.206. The van der Waals surface area contributed by atoms with E-state index in [1.807, 2.05) is 0 Å². The molecule has 0 unspecified atom stereocenters. The van der Waals surface area contributed by atoms with Gasteiger partial charge in [0.15, 0.2) is 9.84 Å². The minimum Gasteiger partial charge on any atom is -0.508 e. The number of aromatic hydroxyl groups is 1. The van der Waals surface area contributed by atoms with Crippen LogP contribution in [0.2, 0.25) is 0 Å². The van der Waals surface area contributed by atoms with Crippen molar-refractivity contribution in [1.29, 1.82) is 0 Å². The SMILES string of the molecule is CS(=O)(=O)c1ccc(O)c(C2(N)CCC2)c1. The first kappa shape index (κ1) is 11.4. The Balaban J connectivity index is 2.53. The quantitative estimate of drug-likeness (QED) is 0.813. The predicted molar refractivity (Wildman–Crippen MR) is 60.9 cm³/mol. The van der Waals surface area contributed by atoms with Crippen LogP contribution < -0.4 is 5.73 Å². The van der Waals surface area contributed by atoms with Crippen molar-refractivity contribution in [2.24, 2.45) is 5.73 Å². The highest BCUT2D eigenvalue weighted by Crippen LogP contribution is 2.43. The van der Waals surface area contributed by atoms with Gasteiger partial charge >= 0.3 is 0 Å². The lowest BCUT2D eigenvalue weighted by Gasteiger charge is -2.39. The fourth-order valence-corrected chi connectivity index (χ4v) is 2.62. The average Bonchev–Trinajstić information content (AvgIpc) is 2.13. The number of hydrogen-bond acceptors (Lipinski definition) is 4. The highest BCUT2D eigenvalue weighted by molar-refractivity contribution is 7.90. The maximum atomic E-state index is 11.4. The monoisotopic (exact) mass is 241 g/mol. The van der Waals surface area contributed by atoms with Gasteiger partial charge in [0.05, 0.1) is 4.90 Å². The van der Waals surface area contributed by atoms with Crippen LogP contribution in [0.5, 0.6) is 5.75 Å². The Morgan fingerprint density at radius 3 is 2.44 bits per heavy atom. The topological polar surface area (TPSA) is 80.4 Å². The summed E-state index contributed by atoms with van der Waals surface area (Å²) in [7, 11) is -3.25. The van der Waals surface area contributed by atoms with Gasteiger partial charge in [-0.25, -0.2) is 8.42 Å². The first-order valence-corrected chi connectivity index (χ1v) is 7.04. The van der Waals surface area contributed by atoms with Crippen LogP contribution in [0, 0.1) is 0 Å². The summed E-state index contributed by atoms with van der Waals surface area (Å²) in [6.45, 7) is 0. The molecule has 1 aliphatic carbocycles. The normalized spacial score (nSPS) is 19.1. The Kier molecular flexibility index (Phi) is 2.47. The molecule has 4 nitrogen and oxygen atoms in total. The van der Waals surface area contributed by atoms with E-state index in [1.54, 1.807) is 0 Å². The molecule has 0 saturated heterocycles. The molecule has 0 aliphatic heterocycles. The van der Waals surface area contributed by atoms with Crippen molar-refractivity contribution in [2.45, 2.75) is 29.7 Å². The van der Waals surface area contributed by atoms with E-state index in [-0.39, 0.29) is 10.6 Å². The lowest BCUT2D eigenvalue weighted by Crippen LogP contribution is -2.43. The summed E-state index contributed by atoms with van der Waals surface area (Å²) in [6.07, 6.45) is 3.73. The molecule has 1 aliphatic rings. The van der Waals surface area contributed by atoms with Crippen LogP contribution in [0.15, 0.2) is 23.1 Å². The molecule has 1 fully saturated rings. The number of phenolic OH excluding ortho intramolecular Hbond substituents is 1. The molecule has 2 rings (SSSR count). The fourth-order valence-electron chi connectivity index (χ4n) is 1.97. The molecule has 0 radical (unpaired) electrons. The van der Waals surface area contributed by atoms with Gasteiger partial charge in [-0.15, -0.1) is 0 Å². The second-order valence-corrected chi connectivity index (χ2v) is 6.48. The molecule has 1 saturated carbocycles. The van der Waals surface area contributed by atoms with Gasteiger partial charge in [0.1, 0.15) is 5.75 Å². The number of hydrogen-bond donors (Lipinski definition) is 2. The summed E-state index contributed by atoms with van der Waals surface area (Å²) in [5.41, 5.74) is 6.07. The molecule has 0 bridgehead atoms. The first-order chi connectivity index (χ1) is 7.33. The van der Waals surface area contributed by atoms with Crippen molar-refractivity contribution in [3.63, 3.8) is 0 Å². The Hall–Kier alpha value is -1.07. The van der Waals surface area contributed by atoms with Gasteiger partial charge in [-0.3, -0.25) is 0 Å². The minimum atomic E-state index is -3.25. The highest BCUT2D eigenvalue weighted by Gasteiger charge is 2.36. The summed E-state index contributed by atoms with van der Waals surface area (Å²) in [5.74, 6) is 0.0783. The third kappa shape index (κ3) is 1.81. The molecular weight excluding hydrogens is 226 g/mol. The molecule has 1 aromatic rings. The van der Waals surface area contributed by atoms with Crippen molar-refractivity contribution >= 4 is 9.84 Å². The molecule has 5 heteroatoms. The third-order valence-corrected chi connectivity index (χ3v) is 4.29. The van der Waals surface area contributed by atoms with Crippen LogP contribution in [0.4, 0.5) is 0 Å². The van der Waals surface area contributed by atoms with E-state index in [2.05, 4.69) is 0 Å². The maximum absolute atomic E-state index is 11.4. The fraction of sp³-hybridized carbons (Fsp3) is 0.455. The first-order valence-electron chi connectivity index (χ1n) is 5.15. The maximum Gasteiger partial charge on any atom is 0.175 e. The summed E-state index contributed by atoms with van der Waals surface area (Å²) < 4.78 is 22.8. The van der Waals surface area contributed by atoms with Crippen LogP contribution in [0.3, 0.4) is 0 Å². The Labute approximate surface area is 95.0 Å². The number of nitrogens with two attached hydrogens (primary N) is 1. The van der Waals surface area contributed by atoms with Gasteiger partial charge in [-0.1, -0.05) is 0 Å². The number of sulfone groups is 1. The standard InChI is InChI=1S/C11H15NO3S/c1-16(14,15)8-3-4-10(13)9(7-8)11(12)5-2-6-11/h3-4,7,13H,2,5-6,12H2,1H3. The summed E-state index contributed by atoms with van der Waals surface area (Å²) in [6, 6.07) is 4.29. The predicted octanol–water partition coefficient (Wildman–Crippen LogP) is 1.13. The highest BCUT2D eigenvalue weighted by atomic mass is 32.2. The van der Waals surface area contributed by atoms with E-state index in [0.717, 1.165) is 25.5 Å². The largest absolute Gasteiger partial charge is 0.508 e. The van der Waals surface area contributed by atoms with Crippen molar-refractivity contribution in [2.75, 3.05) is 6.26 Å².